The van der Waals surface area contributed by atoms with Crippen molar-refractivity contribution in [2.24, 2.45) is 0 Å². The molecule has 17 heavy (non-hydrogen) atoms. The predicted molar refractivity (Wildman–Crippen MR) is 71.1 cm³/mol. The van der Waals surface area contributed by atoms with E-state index >= 15 is 0 Å². The molecule has 3 heteroatoms. The first-order chi connectivity index (χ1) is 8.17. The van der Waals surface area contributed by atoms with E-state index in [1.165, 1.54) is 5.56 Å². The van der Waals surface area contributed by atoms with Crippen LogP contribution in [0.1, 0.15) is 11.1 Å². The second kappa shape index (κ2) is 5.44. The van der Waals surface area contributed by atoms with E-state index in [1.807, 2.05) is 36.4 Å². The van der Waals surface area contributed by atoms with Crippen LogP contribution in [-0.4, -0.2) is 7.11 Å². The van der Waals surface area contributed by atoms with E-state index in [-0.39, 0.29) is 0 Å². The fraction of sp³-hybridized carbons (Fsp3) is 0.143. The molecule has 0 aromatic heterocycles. The number of hydrogen-bond donors (Lipinski definition) is 0. The molecule has 2 rings (SSSR count). The average Bonchev–Trinajstić information content (AvgIpc) is 2.28. The molecule has 0 N–H and O–H groups in total. The lowest BCUT2D eigenvalue weighted by Gasteiger charge is -2.05. The zero-order valence-electron chi connectivity index (χ0n) is 9.34. The van der Waals surface area contributed by atoms with E-state index in [9.17, 15) is 0 Å². The van der Waals surface area contributed by atoms with Crippen molar-refractivity contribution < 1.29 is 4.74 Å². The maximum absolute atomic E-state index is 5.90. The van der Waals surface area contributed by atoms with Crippen LogP contribution in [-0.2, 0) is 6.42 Å². The number of halogens is 2. The van der Waals surface area contributed by atoms with E-state index in [1.54, 1.807) is 7.11 Å². The molecule has 0 heterocycles. The Morgan fingerprint density at radius 3 is 2.12 bits per heavy atom. The molecular weight excluding hydrogens is 255 g/mol. The molecule has 87 valence electrons. The molecule has 0 bridgehead atoms. The molecule has 2 aromatic carbocycles. The molecule has 0 unspecified atom stereocenters. The number of hydrogen-bond acceptors (Lipinski definition) is 1. The fourth-order valence-corrected chi connectivity index (χ4v) is 2.17. The molecule has 0 spiro atoms. The fourth-order valence-electron chi connectivity index (χ4n) is 1.63. The Kier molecular flexibility index (Phi) is 3.93. The summed E-state index contributed by atoms with van der Waals surface area (Å²) in [6.45, 7) is 0. The molecule has 0 amide bonds. The highest BCUT2D eigenvalue weighted by atomic mass is 35.5. The lowest BCUT2D eigenvalue weighted by atomic mass is 10.1. The van der Waals surface area contributed by atoms with Crippen LogP contribution in [0.5, 0.6) is 5.75 Å². The largest absolute Gasteiger partial charge is 0.497 e. The Morgan fingerprint density at radius 1 is 1.00 bits per heavy atom. The summed E-state index contributed by atoms with van der Waals surface area (Å²) in [5, 5.41) is 1.09. The van der Waals surface area contributed by atoms with Crippen LogP contribution < -0.4 is 4.74 Å². The van der Waals surface area contributed by atoms with Crippen LogP contribution in [0.2, 0.25) is 10.0 Å². The lowest BCUT2D eigenvalue weighted by Crippen LogP contribution is -1.89. The number of benzene rings is 2. The van der Waals surface area contributed by atoms with E-state index in [2.05, 4.69) is 6.07 Å². The molecule has 0 aliphatic carbocycles. The first kappa shape index (κ1) is 12.3. The second-order valence-electron chi connectivity index (χ2n) is 3.71. The van der Waals surface area contributed by atoms with E-state index in [0.717, 1.165) is 17.7 Å². The second-order valence-corrected chi connectivity index (χ2v) is 4.52. The molecule has 1 nitrogen and oxygen atoms in total. The maximum Gasteiger partial charge on any atom is 0.118 e. The highest BCUT2D eigenvalue weighted by Gasteiger charge is 2.01. The summed E-state index contributed by atoms with van der Waals surface area (Å²) in [6, 6.07) is 14.5. The molecular formula is C14H11Cl2O. The van der Waals surface area contributed by atoms with Gasteiger partial charge in [0.15, 0.2) is 0 Å². The monoisotopic (exact) mass is 265 g/mol. The lowest BCUT2D eigenvalue weighted by molar-refractivity contribution is 0.414. The van der Waals surface area contributed by atoms with Gasteiger partial charge in [-0.05, 0) is 41.8 Å². The van der Waals surface area contributed by atoms with Crippen molar-refractivity contribution in [1.82, 2.24) is 0 Å². The van der Waals surface area contributed by atoms with Crippen LogP contribution in [0.3, 0.4) is 0 Å². The molecule has 0 saturated heterocycles. The summed E-state index contributed by atoms with van der Waals surface area (Å²) < 4.78 is 5.11. The molecule has 1 radical (unpaired) electrons. The van der Waals surface area contributed by atoms with Crippen molar-refractivity contribution in [1.29, 1.82) is 0 Å². The highest BCUT2D eigenvalue weighted by molar-refractivity contribution is 6.34. The predicted octanol–water partition coefficient (Wildman–Crippen LogP) is 4.39. The maximum atomic E-state index is 5.90. The molecule has 0 aliphatic heterocycles. The van der Waals surface area contributed by atoms with Gasteiger partial charge in [0.1, 0.15) is 5.75 Å². The van der Waals surface area contributed by atoms with Crippen molar-refractivity contribution in [3.8, 4) is 5.75 Å². The third kappa shape index (κ3) is 3.39. The van der Waals surface area contributed by atoms with Crippen LogP contribution in [0.4, 0.5) is 0 Å². The SMILES string of the molecule is COc1ccc(Cc2cc(Cl)[c]c(Cl)c2)cc1. The summed E-state index contributed by atoms with van der Waals surface area (Å²) in [7, 11) is 1.65. The smallest absolute Gasteiger partial charge is 0.118 e. The van der Waals surface area contributed by atoms with E-state index in [0.29, 0.717) is 10.0 Å². The van der Waals surface area contributed by atoms with Crippen LogP contribution in [0, 0.1) is 6.07 Å². The average molecular weight is 266 g/mol. The van der Waals surface area contributed by atoms with Gasteiger partial charge in [0, 0.05) is 6.07 Å². The van der Waals surface area contributed by atoms with Crippen molar-refractivity contribution in [2.75, 3.05) is 7.11 Å². The van der Waals surface area contributed by atoms with Crippen LogP contribution in [0.15, 0.2) is 36.4 Å². The Bertz CT molecular complexity index is 486. The molecule has 2 aromatic rings. The van der Waals surface area contributed by atoms with Gasteiger partial charge in [-0.2, -0.15) is 0 Å². The topological polar surface area (TPSA) is 9.23 Å². The van der Waals surface area contributed by atoms with Crippen molar-refractivity contribution >= 4 is 23.2 Å². The van der Waals surface area contributed by atoms with Crippen molar-refractivity contribution in [3.63, 3.8) is 0 Å². The number of ether oxygens (including phenoxy) is 1. The Labute approximate surface area is 111 Å². The first-order valence-corrected chi connectivity index (χ1v) is 5.93. The summed E-state index contributed by atoms with van der Waals surface area (Å²) in [5.41, 5.74) is 2.26. The van der Waals surface area contributed by atoms with Crippen molar-refractivity contribution in [2.45, 2.75) is 6.42 Å². The van der Waals surface area contributed by atoms with Gasteiger partial charge >= 0.3 is 0 Å². The zero-order valence-corrected chi connectivity index (χ0v) is 10.8. The highest BCUT2D eigenvalue weighted by Crippen LogP contribution is 2.21. The molecule has 0 fully saturated rings. The van der Waals surface area contributed by atoms with Gasteiger partial charge in [-0.1, -0.05) is 35.3 Å². The first-order valence-electron chi connectivity index (χ1n) is 5.17. The minimum atomic E-state index is 0.543. The Hall–Kier alpha value is -1.18. The van der Waals surface area contributed by atoms with Gasteiger partial charge in [-0.25, -0.2) is 0 Å². The van der Waals surface area contributed by atoms with E-state index < -0.39 is 0 Å². The quantitative estimate of drug-likeness (QED) is 0.800. The Morgan fingerprint density at radius 2 is 1.59 bits per heavy atom. The zero-order chi connectivity index (χ0) is 12.3. The van der Waals surface area contributed by atoms with Gasteiger partial charge in [0.2, 0.25) is 0 Å². The van der Waals surface area contributed by atoms with Crippen LogP contribution >= 0.6 is 23.2 Å². The minimum Gasteiger partial charge on any atom is -0.497 e. The third-order valence-corrected chi connectivity index (χ3v) is 2.84. The number of rotatable bonds is 3. The molecule has 0 aliphatic rings. The summed E-state index contributed by atoms with van der Waals surface area (Å²) in [4.78, 5) is 0. The standard InChI is InChI=1S/C14H11Cl2O/c1-17-14-4-2-10(3-5-14)6-11-7-12(15)9-13(16)8-11/h2-5,7-8H,6H2,1H3. The van der Waals surface area contributed by atoms with Crippen molar-refractivity contribution in [3.05, 3.63) is 63.6 Å². The minimum absolute atomic E-state index is 0.543. The van der Waals surface area contributed by atoms with Gasteiger partial charge in [0.05, 0.1) is 17.2 Å². The molecule has 0 saturated carbocycles. The Balaban J connectivity index is 2.19. The van der Waals surface area contributed by atoms with E-state index in [4.69, 9.17) is 27.9 Å². The van der Waals surface area contributed by atoms with Gasteiger partial charge in [-0.3, -0.25) is 0 Å². The third-order valence-electron chi connectivity index (χ3n) is 2.43. The summed E-state index contributed by atoms with van der Waals surface area (Å²) >= 11 is 11.8. The van der Waals surface area contributed by atoms with Gasteiger partial charge in [0.25, 0.3) is 0 Å². The summed E-state index contributed by atoms with van der Waals surface area (Å²) in [6.07, 6.45) is 0.790. The molecule has 0 atom stereocenters. The van der Waals surface area contributed by atoms with Gasteiger partial charge < -0.3 is 4.74 Å². The van der Waals surface area contributed by atoms with Crippen LogP contribution in [0.25, 0.3) is 0 Å². The summed E-state index contributed by atoms with van der Waals surface area (Å²) in [5.74, 6) is 0.853. The number of methoxy groups -OCH3 is 1. The normalized spacial score (nSPS) is 10.3. The van der Waals surface area contributed by atoms with Gasteiger partial charge in [-0.15, -0.1) is 0 Å².